The molecule has 0 radical (unpaired) electrons. The van der Waals surface area contributed by atoms with Crippen LogP contribution in [0.3, 0.4) is 0 Å². The number of nitrogens with zero attached hydrogens (tertiary/aromatic N) is 3. The van der Waals surface area contributed by atoms with Crippen molar-refractivity contribution in [3.8, 4) is 5.88 Å². The number of benzene rings is 2. The fraction of sp³-hybridized carbons (Fsp3) is 0.214. The van der Waals surface area contributed by atoms with Gasteiger partial charge in [0.05, 0.1) is 38.9 Å². The van der Waals surface area contributed by atoms with E-state index in [0.717, 1.165) is 6.42 Å². The van der Waals surface area contributed by atoms with Gasteiger partial charge in [-0.3, -0.25) is 19.7 Å². The van der Waals surface area contributed by atoms with Gasteiger partial charge in [0.25, 0.3) is 11.6 Å². The lowest BCUT2D eigenvalue weighted by atomic mass is 10.1. The number of unbranched alkanes of at least 4 members (excludes halogenated alkanes) is 2. The number of nitrogen functional groups attached to an aromatic ring is 1. The van der Waals surface area contributed by atoms with Crippen molar-refractivity contribution < 1.29 is 19.6 Å². The van der Waals surface area contributed by atoms with E-state index < -0.39 is 4.92 Å². The minimum atomic E-state index is -0.539. The zero-order valence-electron chi connectivity index (χ0n) is 22.4. The molecule has 0 aliphatic heterocycles. The Hall–Kier alpha value is -5.46. The summed E-state index contributed by atoms with van der Waals surface area (Å²) < 4.78 is 0. The van der Waals surface area contributed by atoms with Gasteiger partial charge in [-0.25, -0.2) is 0 Å². The van der Waals surface area contributed by atoms with E-state index in [9.17, 15) is 24.8 Å². The van der Waals surface area contributed by atoms with Crippen LogP contribution in [0.4, 0.5) is 22.7 Å². The highest BCUT2D eigenvalue weighted by molar-refractivity contribution is 5.96. The maximum Gasteiger partial charge on any atom is 0.270 e. The average molecular weight is 559 g/mol. The van der Waals surface area contributed by atoms with Crippen LogP contribution in [0.25, 0.3) is 23.7 Å². The number of hydrogen-bond acceptors (Lipinski definition) is 8. The number of carbonyl (C=O) groups is 2. The Labute approximate surface area is 234 Å². The minimum absolute atomic E-state index is 0.0495. The number of anilines is 2. The lowest BCUT2D eigenvalue weighted by Gasteiger charge is -2.08. The highest BCUT2D eigenvalue weighted by atomic mass is 16.6. The number of aryl methyl sites for hydroxylation is 1. The molecule has 0 atom stereocenters. The van der Waals surface area contributed by atoms with Gasteiger partial charge >= 0.3 is 0 Å². The van der Waals surface area contributed by atoms with E-state index in [0.29, 0.717) is 69.9 Å². The SMILES string of the molecule is C=c1c(C(=O)NCCCCCC(=O)Nc2ccccc2N)c(C)[nH]c1=CN=Nc1c(O)[nH]c2ccc([N+](=O)[O-])cc12. The Morgan fingerprint density at radius 2 is 1.95 bits per heavy atom. The summed E-state index contributed by atoms with van der Waals surface area (Å²) in [7, 11) is 0. The zero-order chi connectivity index (χ0) is 29.5. The second kappa shape index (κ2) is 12.6. The molecule has 2 aromatic heterocycles. The smallest absolute Gasteiger partial charge is 0.270 e. The van der Waals surface area contributed by atoms with Crippen LogP contribution in [-0.2, 0) is 4.79 Å². The summed E-state index contributed by atoms with van der Waals surface area (Å²) in [5.74, 6) is -0.685. The summed E-state index contributed by atoms with van der Waals surface area (Å²) in [6.45, 7) is 6.15. The second-order valence-electron chi connectivity index (χ2n) is 9.37. The molecule has 0 bridgehead atoms. The van der Waals surface area contributed by atoms with Gasteiger partial charge in [0.15, 0.2) is 5.69 Å². The van der Waals surface area contributed by atoms with Crippen molar-refractivity contribution in [2.75, 3.05) is 17.6 Å². The van der Waals surface area contributed by atoms with E-state index in [1.54, 1.807) is 31.2 Å². The predicted molar refractivity (Wildman–Crippen MR) is 156 cm³/mol. The summed E-state index contributed by atoms with van der Waals surface area (Å²) in [6, 6.07) is 11.2. The molecule has 0 saturated heterocycles. The van der Waals surface area contributed by atoms with Crippen molar-refractivity contribution in [3.63, 3.8) is 0 Å². The minimum Gasteiger partial charge on any atom is -0.493 e. The highest BCUT2D eigenvalue weighted by Crippen LogP contribution is 2.37. The number of nitro benzene ring substituents is 1. The van der Waals surface area contributed by atoms with Crippen molar-refractivity contribution in [3.05, 3.63) is 74.4 Å². The number of fused-ring (bicyclic) bond motifs is 1. The van der Waals surface area contributed by atoms with Gasteiger partial charge in [-0.05, 0) is 38.0 Å². The zero-order valence-corrected chi connectivity index (χ0v) is 22.4. The Kier molecular flexibility index (Phi) is 8.77. The molecule has 0 spiro atoms. The van der Waals surface area contributed by atoms with Gasteiger partial charge in [0.1, 0.15) is 0 Å². The number of rotatable bonds is 11. The first-order valence-corrected chi connectivity index (χ1v) is 12.9. The van der Waals surface area contributed by atoms with E-state index in [-0.39, 0.29) is 29.1 Å². The summed E-state index contributed by atoms with van der Waals surface area (Å²) in [5, 5.41) is 36.2. The number of amides is 2. The molecule has 2 amide bonds. The molecule has 0 aliphatic carbocycles. The summed E-state index contributed by atoms with van der Waals surface area (Å²) >= 11 is 0. The van der Waals surface area contributed by atoms with Crippen LogP contribution >= 0.6 is 0 Å². The fourth-order valence-corrected chi connectivity index (χ4v) is 4.33. The molecule has 4 aromatic rings. The average Bonchev–Trinajstić information content (AvgIpc) is 3.40. The van der Waals surface area contributed by atoms with Crippen LogP contribution in [0.15, 0.2) is 52.7 Å². The molecule has 0 aliphatic rings. The molecular weight excluding hydrogens is 528 g/mol. The Morgan fingerprint density at radius 1 is 1.17 bits per heavy atom. The molecule has 13 nitrogen and oxygen atoms in total. The molecule has 0 fully saturated rings. The van der Waals surface area contributed by atoms with Crippen LogP contribution in [-0.4, -0.2) is 38.4 Å². The molecule has 0 unspecified atom stereocenters. The van der Waals surface area contributed by atoms with Gasteiger partial charge in [-0.2, -0.15) is 5.11 Å². The number of H-pyrrole nitrogens is 2. The number of carbonyl (C=O) groups excluding carboxylic acids is 2. The number of para-hydroxylation sites is 2. The van der Waals surface area contributed by atoms with E-state index in [4.69, 9.17) is 5.73 Å². The number of aromatic amines is 2. The van der Waals surface area contributed by atoms with Crippen LogP contribution in [0, 0.1) is 17.0 Å². The molecule has 41 heavy (non-hydrogen) atoms. The molecule has 2 heterocycles. The predicted octanol–water partition coefficient (Wildman–Crippen LogP) is 3.86. The van der Waals surface area contributed by atoms with Crippen molar-refractivity contribution in [1.82, 2.24) is 15.3 Å². The summed E-state index contributed by atoms with van der Waals surface area (Å²) in [6.07, 6.45) is 3.83. The number of aromatic hydroxyl groups is 1. The fourth-order valence-electron chi connectivity index (χ4n) is 4.33. The van der Waals surface area contributed by atoms with E-state index in [1.807, 2.05) is 0 Å². The first kappa shape index (κ1) is 28.5. The van der Waals surface area contributed by atoms with E-state index in [1.165, 1.54) is 24.4 Å². The monoisotopic (exact) mass is 558 g/mol. The molecule has 212 valence electrons. The van der Waals surface area contributed by atoms with Gasteiger partial charge < -0.3 is 31.4 Å². The third-order valence-corrected chi connectivity index (χ3v) is 6.44. The summed E-state index contributed by atoms with van der Waals surface area (Å²) in [4.78, 5) is 41.2. The number of nitrogens with two attached hydrogens (primary N) is 1. The van der Waals surface area contributed by atoms with Gasteiger partial charge in [-0.1, -0.05) is 25.1 Å². The van der Waals surface area contributed by atoms with Gasteiger partial charge in [-0.15, -0.1) is 5.11 Å². The number of nitrogens with one attached hydrogen (secondary N) is 4. The number of hydrogen-bond donors (Lipinski definition) is 6. The Morgan fingerprint density at radius 3 is 2.71 bits per heavy atom. The third-order valence-electron chi connectivity index (χ3n) is 6.44. The van der Waals surface area contributed by atoms with E-state index >= 15 is 0 Å². The van der Waals surface area contributed by atoms with Crippen molar-refractivity contribution >= 4 is 58.2 Å². The summed E-state index contributed by atoms with van der Waals surface area (Å²) in [5.41, 5.74) is 8.30. The maximum atomic E-state index is 12.8. The largest absolute Gasteiger partial charge is 0.493 e. The topological polar surface area (TPSA) is 204 Å². The quantitative estimate of drug-likeness (QED) is 0.0530. The molecule has 4 rings (SSSR count). The molecule has 13 heteroatoms. The van der Waals surface area contributed by atoms with Crippen molar-refractivity contribution in [2.24, 2.45) is 10.2 Å². The third kappa shape index (κ3) is 6.76. The number of aromatic nitrogens is 2. The van der Waals surface area contributed by atoms with E-state index in [2.05, 4.69) is 37.4 Å². The maximum absolute atomic E-state index is 12.8. The van der Waals surface area contributed by atoms with Crippen LogP contribution in [0.1, 0.15) is 41.7 Å². The normalized spacial score (nSPS) is 11.8. The molecular formula is C28H30N8O5. The first-order chi connectivity index (χ1) is 19.7. The Balaban J connectivity index is 1.31. The van der Waals surface area contributed by atoms with Crippen LogP contribution in [0.5, 0.6) is 5.88 Å². The van der Waals surface area contributed by atoms with Crippen LogP contribution in [0.2, 0.25) is 0 Å². The standard InChI is InChI=1S/C28H30N8O5/c1-16-23(15-31-35-26-19-14-18(36(40)41)11-12-21(19)34-28(26)39)32-17(2)25(16)27(38)30-13-7-3-4-10-24(37)33-22-9-6-5-8-20(22)29/h5-6,8-9,11-12,14-15,32,34,39H,1,3-4,7,10,13,29H2,2H3,(H,30,38)(H,33,37). The van der Waals surface area contributed by atoms with Gasteiger partial charge in [0.2, 0.25) is 11.8 Å². The Bertz CT molecular complexity index is 1750. The molecule has 7 N–H and O–H groups in total. The molecule has 2 aromatic carbocycles. The van der Waals surface area contributed by atoms with Crippen molar-refractivity contribution in [1.29, 1.82) is 0 Å². The first-order valence-electron chi connectivity index (χ1n) is 12.9. The van der Waals surface area contributed by atoms with Gasteiger partial charge in [0, 0.05) is 41.4 Å². The van der Waals surface area contributed by atoms with Crippen molar-refractivity contribution in [2.45, 2.75) is 32.6 Å². The van der Waals surface area contributed by atoms with Crippen LogP contribution < -0.4 is 26.9 Å². The number of non-ortho nitro benzene ring substituents is 1. The lowest BCUT2D eigenvalue weighted by molar-refractivity contribution is -0.384. The molecule has 0 saturated carbocycles. The number of azo groups is 1. The second-order valence-corrected chi connectivity index (χ2v) is 9.37. The highest BCUT2D eigenvalue weighted by Gasteiger charge is 2.15. The lowest BCUT2D eigenvalue weighted by Crippen LogP contribution is -2.32. The number of nitro groups is 1.